The van der Waals surface area contributed by atoms with Crippen molar-refractivity contribution in [2.45, 2.75) is 31.8 Å². The molecule has 6 heteroatoms. The summed E-state index contributed by atoms with van der Waals surface area (Å²) < 4.78 is 32.5. The van der Waals surface area contributed by atoms with Gasteiger partial charge in [0.15, 0.2) is 6.10 Å². The van der Waals surface area contributed by atoms with E-state index in [-0.39, 0.29) is 13.0 Å². The van der Waals surface area contributed by atoms with Gasteiger partial charge in [-0.3, -0.25) is 0 Å². The molecule has 0 aromatic heterocycles. The first-order chi connectivity index (χ1) is 6.61. The molecule has 0 radical (unpaired) electrons. The Labute approximate surface area is 79.2 Å². The molecule has 0 N–H and O–H groups in total. The molecule has 1 unspecified atom stereocenters. The van der Waals surface area contributed by atoms with Crippen LogP contribution in [0.5, 0.6) is 0 Å². The predicted molar refractivity (Wildman–Crippen MR) is 40.7 cm³/mol. The van der Waals surface area contributed by atoms with Crippen molar-refractivity contribution in [3.63, 3.8) is 0 Å². The number of halogens is 2. The van der Waals surface area contributed by atoms with Crippen LogP contribution in [0.4, 0.5) is 8.78 Å². The van der Waals surface area contributed by atoms with E-state index in [0.29, 0.717) is 12.8 Å². The van der Waals surface area contributed by atoms with E-state index >= 15 is 0 Å². The molecule has 0 spiro atoms. The van der Waals surface area contributed by atoms with Crippen molar-refractivity contribution in [2.24, 2.45) is 0 Å². The second kappa shape index (κ2) is 4.88. The van der Waals surface area contributed by atoms with E-state index in [4.69, 9.17) is 0 Å². The highest BCUT2D eigenvalue weighted by molar-refractivity contribution is 5.80. The lowest BCUT2D eigenvalue weighted by Crippen LogP contribution is -2.30. The van der Waals surface area contributed by atoms with Gasteiger partial charge in [-0.25, -0.2) is 9.59 Å². The average molecular weight is 208 g/mol. The van der Waals surface area contributed by atoms with E-state index in [9.17, 15) is 18.4 Å². The van der Waals surface area contributed by atoms with Crippen molar-refractivity contribution >= 4 is 11.9 Å². The maximum Gasteiger partial charge on any atom is 0.374 e. The first kappa shape index (κ1) is 10.9. The molecule has 1 aliphatic rings. The van der Waals surface area contributed by atoms with E-state index in [0.717, 1.165) is 0 Å². The van der Waals surface area contributed by atoms with Crippen molar-refractivity contribution in [2.75, 3.05) is 6.61 Å². The third-order valence-corrected chi connectivity index (χ3v) is 1.80. The quantitative estimate of drug-likeness (QED) is 0.632. The number of carbonyl (C=O) groups excluding carboxylic acids is 2. The third-order valence-electron chi connectivity index (χ3n) is 1.80. The molecule has 0 aliphatic carbocycles. The van der Waals surface area contributed by atoms with Crippen molar-refractivity contribution in [1.82, 2.24) is 0 Å². The minimum atomic E-state index is -3.20. The van der Waals surface area contributed by atoms with Crippen molar-refractivity contribution in [3.05, 3.63) is 0 Å². The van der Waals surface area contributed by atoms with Crippen LogP contribution in [0.3, 0.4) is 0 Å². The fourth-order valence-electron chi connectivity index (χ4n) is 1.11. The Morgan fingerprint density at radius 1 is 1.50 bits per heavy atom. The van der Waals surface area contributed by atoms with Gasteiger partial charge >= 0.3 is 18.4 Å². The van der Waals surface area contributed by atoms with Crippen LogP contribution in [0.2, 0.25) is 0 Å². The fraction of sp³-hybridized carbons (Fsp3) is 0.750. The van der Waals surface area contributed by atoms with Crippen molar-refractivity contribution in [3.8, 4) is 0 Å². The molecule has 0 aromatic rings. The molecule has 0 bridgehead atoms. The summed E-state index contributed by atoms with van der Waals surface area (Å²) in [4.78, 5) is 21.5. The Morgan fingerprint density at radius 2 is 2.21 bits per heavy atom. The summed E-state index contributed by atoms with van der Waals surface area (Å²) in [7, 11) is 0. The largest absolute Gasteiger partial charge is 0.463 e. The van der Waals surface area contributed by atoms with Crippen molar-refractivity contribution < 1.29 is 27.8 Å². The van der Waals surface area contributed by atoms with E-state index in [1.54, 1.807) is 0 Å². The third kappa shape index (κ3) is 2.93. The lowest BCUT2D eigenvalue weighted by molar-refractivity contribution is -0.174. The molecule has 4 nitrogen and oxygen atoms in total. The molecule has 80 valence electrons. The normalized spacial score (nSPS) is 22.8. The van der Waals surface area contributed by atoms with Gasteiger partial charge in [-0.2, -0.15) is 8.78 Å². The minimum Gasteiger partial charge on any atom is -0.463 e. The van der Waals surface area contributed by atoms with Gasteiger partial charge in [-0.15, -0.1) is 0 Å². The molecule has 1 saturated heterocycles. The smallest absolute Gasteiger partial charge is 0.374 e. The molecular formula is C8H10F2O4. The zero-order valence-corrected chi connectivity index (χ0v) is 7.37. The van der Waals surface area contributed by atoms with Crippen LogP contribution >= 0.6 is 0 Å². The number of esters is 2. The Bertz CT molecular complexity index is 229. The van der Waals surface area contributed by atoms with Crippen LogP contribution < -0.4 is 0 Å². The molecule has 1 atom stereocenters. The molecular weight excluding hydrogens is 198 g/mol. The van der Waals surface area contributed by atoms with Crippen LogP contribution in [-0.4, -0.2) is 31.1 Å². The fourth-order valence-corrected chi connectivity index (χ4v) is 1.11. The van der Waals surface area contributed by atoms with Crippen LogP contribution in [0.15, 0.2) is 0 Å². The van der Waals surface area contributed by atoms with Gasteiger partial charge < -0.3 is 9.47 Å². The molecule has 1 aliphatic heterocycles. The van der Waals surface area contributed by atoms with E-state index in [1.807, 2.05) is 0 Å². The van der Waals surface area contributed by atoms with Gasteiger partial charge in [-0.05, 0) is 19.3 Å². The number of alkyl halides is 2. The number of rotatable bonds is 2. The lowest BCUT2D eigenvalue weighted by atomic mass is 10.2. The second-order valence-corrected chi connectivity index (χ2v) is 2.89. The SMILES string of the molecule is O=C(OC1CCCCOC1=O)C(F)F. The summed E-state index contributed by atoms with van der Waals surface area (Å²) in [5, 5.41) is 0. The van der Waals surface area contributed by atoms with Gasteiger partial charge in [0.05, 0.1) is 6.61 Å². The maximum absolute atomic E-state index is 11.8. The summed E-state index contributed by atoms with van der Waals surface area (Å²) in [6.07, 6.45) is -2.84. The Hall–Kier alpha value is -1.20. The molecule has 1 rings (SSSR count). The Kier molecular flexibility index (Phi) is 3.79. The second-order valence-electron chi connectivity index (χ2n) is 2.89. The van der Waals surface area contributed by atoms with E-state index in [2.05, 4.69) is 9.47 Å². The average Bonchev–Trinajstić information content (AvgIpc) is 2.32. The van der Waals surface area contributed by atoms with Crippen LogP contribution in [-0.2, 0) is 19.1 Å². The van der Waals surface area contributed by atoms with Crippen LogP contribution in [0.1, 0.15) is 19.3 Å². The topological polar surface area (TPSA) is 52.6 Å². The number of ether oxygens (including phenoxy) is 2. The number of cyclic esters (lactones) is 1. The summed E-state index contributed by atoms with van der Waals surface area (Å²) in [6, 6.07) is 0. The standard InChI is InChI=1S/C8H10F2O4/c9-6(10)8(12)14-5-3-1-2-4-13-7(5)11/h5-6H,1-4H2. The summed E-state index contributed by atoms with van der Waals surface area (Å²) in [5.74, 6) is -2.41. The first-order valence-corrected chi connectivity index (χ1v) is 4.26. The molecule has 14 heavy (non-hydrogen) atoms. The molecule has 0 aromatic carbocycles. The van der Waals surface area contributed by atoms with Gasteiger partial charge in [0.1, 0.15) is 0 Å². The lowest BCUT2D eigenvalue weighted by Gasteiger charge is -2.12. The highest BCUT2D eigenvalue weighted by Gasteiger charge is 2.29. The Morgan fingerprint density at radius 3 is 2.86 bits per heavy atom. The van der Waals surface area contributed by atoms with Gasteiger partial charge in [0.25, 0.3) is 0 Å². The van der Waals surface area contributed by atoms with Gasteiger partial charge in [0, 0.05) is 0 Å². The summed E-state index contributed by atoms with van der Waals surface area (Å²) in [6.45, 7) is 0.252. The first-order valence-electron chi connectivity index (χ1n) is 4.26. The molecule has 0 amide bonds. The number of hydrogen-bond donors (Lipinski definition) is 0. The van der Waals surface area contributed by atoms with Crippen LogP contribution in [0, 0.1) is 0 Å². The molecule has 0 saturated carbocycles. The van der Waals surface area contributed by atoms with Gasteiger partial charge in [-0.1, -0.05) is 0 Å². The number of carbonyl (C=O) groups is 2. The zero-order valence-electron chi connectivity index (χ0n) is 7.37. The maximum atomic E-state index is 11.8. The predicted octanol–water partition coefficient (Wildman–Crippen LogP) is 0.890. The minimum absolute atomic E-state index is 0.247. The highest BCUT2D eigenvalue weighted by Crippen LogP contribution is 2.13. The summed E-state index contributed by atoms with van der Waals surface area (Å²) >= 11 is 0. The number of hydrogen-bond acceptors (Lipinski definition) is 4. The Balaban J connectivity index is 2.48. The molecule has 1 heterocycles. The van der Waals surface area contributed by atoms with Gasteiger partial charge in [0.2, 0.25) is 0 Å². The monoisotopic (exact) mass is 208 g/mol. The van der Waals surface area contributed by atoms with Crippen molar-refractivity contribution in [1.29, 1.82) is 0 Å². The molecule has 1 fully saturated rings. The van der Waals surface area contributed by atoms with Crippen LogP contribution in [0.25, 0.3) is 0 Å². The zero-order chi connectivity index (χ0) is 10.6. The van der Waals surface area contributed by atoms with E-state index < -0.39 is 24.5 Å². The highest BCUT2D eigenvalue weighted by atomic mass is 19.3. The van der Waals surface area contributed by atoms with E-state index in [1.165, 1.54) is 0 Å². The summed E-state index contributed by atoms with van der Waals surface area (Å²) in [5.41, 5.74) is 0.